The molecule has 3 amide bonds. The molecule has 0 aliphatic rings. The summed E-state index contributed by atoms with van der Waals surface area (Å²) >= 11 is 0. The van der Waals surface area contributed by atoms with Gasteiger partial charge in [-0.05, 0) is 12.8 Å². The molecular formula is C13H25N3O4. The quantitative estimate of drug-likeness (QED) is 0.478. The van der Waals surface area contributed by atoms with E-state index in [1.54, 1.807) is 0 Å². The molecule has 0 radical (unpaired) electrons. The highest BCUT2D eigenvalue weighted by Gasteiger charge is 2.23. The lowest BCUT2D eigenvalue weighted by Gasteiger charge is -2.20. The number of nitrogens with two attached hydrogens (primary N) is 1. The maximum Gasteiger partial charge on any atom is 0.326 e. The summed E-state index contributed by atoms with van der Waals surface area (Å²) in [5.74, 6) is -2.05. The summed E-state index contributed by atoms with van der Waals surface area (Å²) in [6.45, 7) is 4.09. The molecule has 0 saturated heterocycles. The summed E-state index contributed by atoms with van der Waals surface area (Å²) in [5.41, 5.74) is 4.95. The Morgan fingerprint density at radius 3 is 2.20 bits per heavy atom. The number of hydrogen-bond donors (Lipinski definition) is 4. The van der Waals surface area contributed by atoms with Crippen LogP contribution in [0.15, 0.2) is 0 Å². The van der Waals surface area contributed by atoms with Gasteiger partial charge in [0.2, 0.25) is 5.91 Å². The molecule has 0 fully saturated rings. The number of rotatable bonds is 10. The Balaban J connectivity index is 4.39. The van der Waals surface area contributed by atoms with Crippen molar-refractivity contribution >= 4 is 17.9 Å². The molecule has 0 heterocycles. The monoisotopic (exact) mass is 287 g/mol. The molecule has 1 unspecified atom stereocenters. The molecule has 0 aromatic heterocycles. The first-order chi connectivity index (χ1) is 9.40. The Morgan fingerprint density at radius 2 is 1.75 bits per heavy atom. The van der Waals surface area contributed by atoms with Crippen LogP contribution in [0.2, 0.25) is 0 Å². The zero-order valence-electron chi connectivity index (χ0n) is 12.1. The van der Waals surface area contributed by atoms with Crippen molar-refractivity contribution in [1.29, 1.82) is 0 Å². The van der Waals surface area contributed by atoms with Gasteiger partial charge in [0.15, 0.2) is 0 Å². The van der Waals surface area contributed by atoms with Gasteiger partial charge in [-0.1, -0.05) is 33.1 Å². The minimum Gasteiger partial charge on any atom is -0.480 e. The molecule has 20 heavy (non-hydrogen) atoms. The number of nitrogens with one attached hydrogen (secondary N) is 2. The van der Waals surface area contributed by atoms with Crippen molar-refractivity contribution in [3.63, 3.8) is 0 Å². The van der Waals surface area contributed by atoms with E-state index in [-0.39, 0.29) is 6.04 Å². The highest BCUT2D eigenvalue weighted by atomic mass is 16.4. The lowest BCUT2D eigenvalue weighted by molar-refractivity contribution is -0.140. The SMILES string of the molecule is CCCCC(CCC)NC(=O)N[C@@H](CC(N)=O)C(=O)O. The predicted octanol–water partition coefficient (Wildman–Crippen LogP) is 0.973. The standard InChI is InChI=1S/C13H25N3O4/c1-3-5-7-9(6-4-2)15-13(20)16-10(12(18)19)8-11(14)17/h9-10H,3-8H2,1-2H3,(H2,14,17)(H,18,19)(H2,15,16,20)/t9?,10-/m0/s1. The lowest BCUT2D eigenvalue weighted by atomic mass is 10.1. The summed E-state index contributed by atoms with van der Waals surface area (Å²) < 4.78 is 0. The topological polar surface area (TPSA) is 122 Å². The second kappa shape index (κ2) is 10.1. The normalized spacial score (nSPS) is 13.3. The Hall–Kier alpha value is -1.79. The number of hydrogen-bond acceptors (Lipinski definition) is 3. The number of carboxylic acids is 1. The van der Waals surface area contributed by atoms with Crippen molar-refractivity contribution in [2.75, 3.05) is 0 Å². The van der Waals surface area contributed by atoms with E-state index in [2.05, 4.69) is 17.6 Å². The lowest BCUT2D eigenvalue weighted by Crippen LogP contribution is -2.50. The zero-order valence-corrected chi connectivity index (χ0v) is 12.1. The van der Waals surface area contributed by atoms with Crippen molar-refractivity contribution in [2.45, 2.75) is 64.5 Å². The van der Waals surface area contributed by atoms with Gasteiger partial charge in [-0.15, -0.1) is 0 Å². The van der Waals surface area contributed by atoms with Crippen LogP contribution >= 0.6 is 0 Å². The largest absolute Gasteiger partial charge is 0.480 e. The van der Waals surface area contributed by atoms with Gasteiger partial charge in [-0.2, -0.15) is 0 Å². The number of primary amides is 1. The number of carbonyl (C=O) groups is 3. The van der Waals surface area contributed by atoms with Crippen LogP contribution in [0.1, 0.15) is 52.4 Å². The fourth-order valence-corrected chi connectivity index (χ4v) is 1.87. The Kier molecular flexibility index (Phi) is 9.15. The molecule has 7 nitrogen and oxygen atoms in total. The van der Waals surface area contributed by atoms with Crippen molar-refractivity contribution < 1.29 is 19.5 Å². The molecule has 2 atom stereocenters. The summed E-state index contributed by atoms with van der Waals surface area (Å²) in [4.78, 5) is 33.4. The minimum atomic E-state index is -1.29. The van der Waals surface area contributed by atoms with Crippen molar-refractivity contribution in [3.8, 4) is 0 Å². The zero-order chi connectivity index (χ0) is 15.5. The van der Waals surface area contributed by atoms with Gasteiger partial charge in [0.05, 0.1) is 6.42 Å². The molecule has 0 spiro atoms. The van der Waals surface area contributed by atoms with Crippen LogP contribution < -0.4 is 16.4 Å². The molecule has 0 aromatic rings. The van der Waals surface area contributed by atoms with Crippen LogP contribution in [0, 0.1) is 0 Å². The molecule has 0 saturated carbocycles. The predicted molar refractivity (Wildman–Crippen MR) is 75.1 cm³/mol. The van der Waals surface area contributed by atoms with Crippen molar-refractivity contribution in [2.24, 2.45) is 5.73 Å². The summed E-state index contributed by atoms with van der Waals surface area (Å²) in [7, 11) is 0. The van der Waals surface area contributed by atoms with Crippen LogP contribution in [-0.2, 0) is 9.59 Å². The Bertz CT molecular complexity index is 334. The number of aliphatic carboxylic acids is 1. The number of carboxylic acid groups (broad SMARTS) is 1. The van der Waals surface area contributed by atoms with E-state index in [0.717, 1.165) is 32.1 Å². The van der Waals surface area contributed by atoms with E-state index in [9.17, 15) is 14.4 Å². The molecule has 116 valence electrons. The third kappa shape index (κ3) is 8.34. The van der Waals surface area contributed by atoms with Gasteiger partial charge in [0.25, 0.3) is 0 Å². The highest BCUT2D eigenvalue weighted by molar-refractivity contribution is 5.87. The van der Waals surface area contributed by atoms with Crippen molar-refractivity contribution in [1.82, 2.24) is 10.6 Å². The van der Waals surface area contributed by atoms with E-state index < -0.39 is 30.4 Å². The van der Waals surface area contributed by atoms with E-state index in [0.29, 0.717) is 0 Å². The van der Waals surface area contributed by atoms with E-state index in [1.165, 1.54) is 0 Å². The maximum atomic E-state index is 11.8. The van der Waals surface area contributed by atoms with Crippen molar-refractivity contribution in [3.05, 3.63) is 0 Å². The van der Waals surface area contributed by atoms with E-state index in [4.69, 9.17) is 10.8 Å². The third-order valence-electron chi connectivity index (χ3n) is 2.89. The number of unbranched alkanes of at least 4 members (excludes halogenated alkanes) is 1. The van der Waals surface area contributed by atoms with E-state index in [1.807, 2.05) is 6.92 Å². The van der Waals surface area contributed by atoms with Crippen LogP contribution in [-0.4, -0.2) is 35.1 Å². The average molecular weight is 287 g/mol. The average Bonchev–Trinajstić information content (AvgIpc) is 2.34. The third-order valence-corrected chi connectivity index (χ3v) is 2.89. The first-order valence-electron chi connectivity index (χ1n) is 6.98. The number of amides is 3. The van der Waals surface area contributed by atoms with Gasteiger partial charge >= 0.3 is 12.0 Å². The molecule has 0 aliphatic heterocycles. The summed E-state index contributed by atoms with van der Waals surface area (Å²) in [5, 5.41) is 13.9. The second-order valence-electron chi connectivity index (χ2n) is 4.81. The maximum absolute atomic E-state index is 11.8. The van der Waals surface area contributed by atoms with Crippen LogP contribution in [0.5, 0.6) is 0 Å². The van der Waals surface area contributed by atoms with Crippen LogP contribution in [0.3, 0.4) is 0 Å². The fraction of sp³-hybridized carbons (Fsp3) is 0.769. The summed E-state index contributed by atoms with van der Waals surface area (Å²) in [6, 6.07) is -1.85. The number of carbonyl (C=O) groups excluding carboxylic acids is 2. The summed E-state index contributed by atoms with van der Waals surface area (Å²) in [6.07, 6.45) is 4.22. The smallest absolute Gasteiger partial charge is 0.326 e. The number of urea groups is 1. The molecular weight excluding hydrogens is 262 g/mol. The highest BCUT2D eigenvalue weighted by Crippen LogP contribution is 2.06. The molecule has 0 bridgehead atoms. The minimum absolute atomic E-state index is 0.0166. The van der Waals surface area contributed by atoms with Gasteiger partial charge in [-0.25, -0.2) is 9.59 Å². The molecule has 5 N–H and O–H groups in total. The molecule has 0 rings (SSSR count). The molecule has 0 aliphatic carbocycles. The van der Waals surface area contributed by atoms with Gasteiger partial charge < -0.3 is 21.5 Å². The van der Waals surface area contributed by atoms with Crippen LogP contribution in [0.4, 0.5) is 4.79 Å². The first kappa shape index (κ1) is 18.2. The second-order valence-corrected chi connectivity index (χ2v) is 4.81. The Morgan fingerprint density at radius 1 is 1.10 bits per heavy atom. The van der Waals surface area contributed by atoms with Crippen LogP contribution in [0.25, 0.3) is 0 Å². The first-order valence-corrected chi connectivity index (χ1v) is 6.98. The van der Waals surface area contributed by atoms with Gasteiger partial charge in [0.1, 0.15) is 6.04 Å². The molecule has 7 heteroatoms. The Labute approximate surface area is 119 Å². The van der Waals surface area contributed by atoms with Gasteiger partial charge in [0, 0.05) is 6.04 Å². The van der Waals surface area contributed by atoms with Gasteiger partial charge in [-0.3, -0.25) is 4.79 Å². The van der Waals surface area contributed by atoms with E-state index >= 15 is 0 Å². The fourth-order valence-electron chi connectivity index (χ4n) is 1.87. The molecule has 0 aromatic carbocycles.